The van der Waals surface area contributed by atoms with Crippen molar-refractivity contribution in [2.75, 3.05) is 16.8 Å². The van der Waals surface area contributed by atoms with Crippen molar-refractivity contribution in [1.29, 1.82) is 0 Å². The average molecular weight is 352 g/mol. The Morgan fingerprint density at radius 3 is 2.27 bits per heavy atom. The van der Waals surface area contributed by atoms with Crippen LogP contribution in [0, 0.1) is 20.8 Å². The number of carbonyl (C=O) groups is 2. The van der Waals surface area contributed by atoms with Crippen molar-refractivity contribution < 1.29 is 14.3 Å². The van der Waals surface area contributed by atoms with Gasteiger partial charge in [-0.2, -0.15) is 0 Å². The van der Waals surface area contributed by atoms with Crippen LogP contribution in [0.1, 0.15) is 30.0 Å². The molecule has 1 aliphatic rings. The van der Waals surface area contributed by atoms with Crippen LogP contribution in [-0.2, 0) is 9.59 Å². The Hall–Kier alpha value is -2.82. The Balaban J connectivity index is 1.81. The van der Waals surface area contributed by atoms with Crippen molar-refractivity contribution in [3.63, 3.8) is 0 Å². The first-order valence-corrected chi connectivity index (χ1v) is 8.84. The quantitative estimate of drug-likeness (QED) is 0.833. The van der Waals surface area contributed by atoms with E-state index in [0.717, 1.165) is 22.6 Å². The zero-order chi connectivity index (χ0) is 18.8. The summed E-state index contributed by atoms with van der Waals surface area (Å²) in [5.74, 6) is 0.300. The van der Waals surface area contributed by atoms with Crippen molar-refractivity contribution in [2.45, 2.75) is 40.2 Å². The zero-order valence-corrected chi connectivity index (χ0v) is 15.6. The fourth-order valence-electron chi connectivity index (χ4n) is 3.46. The summed E-state index contributed by atoms with van der Waals surface area (Å²) in [5, 5.41) is 3.28. The maximum atomic E-state index is 12.8. The number of carbonyl (C=O) groups excluding carboxylic acids is 2. The normalized spacial score (nSPS) is 16.9. The van der Waals surface area contributed by atoms with Crippen LogP contribution in [0.15, 0.2) is 36.4 Å². The topological polar surface area (TPSA) is 58.6 Å². The highest BCUT2D eigenvalue weighted by molar-refractivity contribution is 6.23. The summed E-state index contributed by atoms with van der Waals surface area (Å²) in [6, 6.07) is 10.6. The third-order valence-corrected chi connectivity index (χ3v) is 4.55. The molecule has 2 amide bonds. The van der Waals surface area contributed by atoms with Gasteiger partial charge >= 0.3 is 0 Å². The fraction of sp³-hybridized carbons (Fsp3) is 0.333. The third-order valence-electron chi connectivity index (χ3n) is 4.55. The largest absolute Gasteiger partial charge is 0.494 e. The molecule has 5 nitrogen and oxygen atoms in total. The summed E-state index contributed by atoms with van der Waals surface area (Å²) in [6.07, 6.45) is 0.152. The van der Waals surface area contributed by atoms with Crippen molar-refractivity contribution in [3.8, 4) is 5.75 Å². The zero-order valence-electron chi connectivity index (χ0n) is 15.6. The van der Waals surface area contributed by atoms with Gasteiger partial charge in [0.05, 0.1) is 18.7 Å². The fourth-order valence-corrected chi connectivity index (χ4v) is 3.46. The van der Waals surface area contributed by atoms with E-state index in [0.29, 0.717) is 12.3 Å². The van der Waals surface area contributed by atoms with Gasteiger partial charge in [0.25, 0.3) is 5.91 Å². The van der Waals surface area contributed by atoms with Crippen LogP contribution in [-0.4, -0.2) is 24.5 Å². The van der Waals surface area contributed by atoms with Crippen LogP contribution in [0.5, 0.6) is 5.75 Å². The second-order valence-electron chi connectivity index (χ2n) is 6.67. The second kappa shape index (κ2) is 7.20. The number of benzene rings is 2. The van der Waals surface area contributed by atoms with Gasteiger partial charge < -0.3 is 10.1 Å². The van der Waals surface area contributed by atoms with E-state index in [9.17, 15) is 9.59 Å². The molecular formula is C21H24N2O3. The maximum absolute atomic E-state index is 12.8. The Labute approximate surface area is 154 Å². The predicted molar refractivity (Wildman–Crippen MR) is 103 cm³/mol. The van der Waals surface area contributed by atoms with E-state index in [-0.39, 0.29) is 18.2 Å². The van der Waals surface area contributed by atoms with Crippen LogP contribution in [0.4, 0.5) is 11.4 Å². The molecule has 0 unspecified atom stereocenters. The monoisotopic (exact) mass is 352 g/mol. The van der Waals surface area contributed by atoms with E-state index in [1.54, 1.807) is 24.3 Å². The van der Waals surface area contributed by atoms with Gasteiger partial charge in [-0.3, -0.25) is 9.59 Å². The number of imide groups is 1. The number of nitrogens with zero attached hydrogens (tertiary/aromatic N) is 1. The lowest BCUT2D eigenvalue weighted by Crippen LogP contribution is -2.35. The molecule has 0 spiro atoms. The molecule has 1 heterocycles. The minimum Gasteiger partial charge on any atom is -0.494 e. The maximum Gasteiger partial charge on any atom is 0.256 e. The molecule has 2 aromatic carbocycles. The summed E-state index contributed by atoms with van der Waals surface area (Å²) >= 11 is 0. The number of rotatable bonds is 5. The predicted octanol–water partition coefficient (Wildman–Crippen LogP) is 3.75. The molecule has 0 saturated carbocycles. The molecule has 2 aromatic rings. The van der Waals surface area contributed by atoms with Gasteiger partial charge in [-0.15, -0.1) is 0 Å². The lowest BCUT2D eigenvalue weighted by molar-refractivity contribution is -0.121. The smallest absolute Gasteiger partial charge is 0.256 e. The molecule has 1 saturated heterocycles. The first-order valence-electron chi connectivity index (χ1n) is 8.84. The standard InChI is InChI=1S/C21H24N2O3/c1-5-26-17-8-6-16(7-9-17)23-19(24)12-18(21(23)25)22-20-14(3)10-13(2)11-15(20)4/h6-11,18,22H,5,12H2,1-4H3/t18-/m1/s1. The molecule has 1 N–H and O–H groups in total. The lowest BCUT2D eigenvalue weighted by atomic mass is 10.0. The second-order valence-corrected chi connectivity index (χ2v) is 6.67. The van der Waals surface area contributed by atoms with E-state index in [4.69, 9.17) is 4.74 Å². The van der Waals surface area contributed by atoms with Crippen LogP contribution >= 0.6 is 0 Å². The highest BCUT2D eigenvalue weighted by Crippen LogP contribution is 2.29. The van der Waals surface area contributed by atoms with Gasteiger partial charge in [0.1, 0.15) is 11.8 Å². The number of amides is 2. The summed E-state index contributed by atoms with van der Waals surface area (Å²) in [7, 11) is 0. The number of anilines is 2. The first-order chi connectivity index (χ1) is 12.4. The van der Waals surface area contributed by atoms with Crippen LogP contribution in [0.3, 0.4) is 0 Å². The van der Waals surface area contributed by atoms with Gasteiger partial charge in [-0.1, -0.05) is 17.7 Å². The van der Waals surface area contributed by atoms with Gasteiger partial charge in [-0.05, 0) is 63.1 Å². The van der Waals surface area contributed by atoms with Crippen molar-refractivity contribution in [1.82, 2.24) is 0 Å². The Bertz CT molecular complexity index is 820. The van der Waals surface area contributed by atoms with E-state index < -0.39 is 6.04 Å². The minimum absolute atomic E-state index is 0.152. The summed E-state index contributed by atoms with van der Waals surface area (Å²) in [6.45, 7) is 8.54. The van der Waals surface area contributed by atoms with Crippen molar-refractivity contribution in [3.05, 3.63) is 53.1 Å². The van der Waals surface area contributed by atoms with E-state index in [2.05, 4.69) is 17.4 Å². The number of aryl methyl sites for hydroxylation is 3. The average Bonchev–Trinajstić information content (AvgIpc) is 2.86. The molecule has 0 aromatic heterocycles. The first kappa shape index (κ1) is 18.0. The Morgan fingerprint density at radius 1 is 1.08 bits per heavy atom. The Morgan fingerprint density at radius 2 is 1.69 bits per heavy atom. The summed E-state index contributed by atoms with van der Waals surface area (Å²) in [4.78, 5) is 26.5. The molecule has 5 heteroatoms. The number of ether oxygens (including phenoxy) is 1. The van der Waals surface area contributed by atoms with Crippen molar-refractivity contribution in [2.24, 2.45) is 0 Å². The van der Waals surface area contributed by atoms with E-state index >= 15 is 0 Å². The van der Waals surface area contributed by atoms with Crippen molar-refractivity contribution >= 4 is 23.2 Å². The van der Waals surface area contributed by atoms with Gasteiger partial charge in [0, 0.05) is 5.69 Å². The van der Waals surface area contributed by atoms with Crippen LogP contribution < -0.4 is 15.0 Å². The summed E-state index contributed by atoms with van der Waals surface area (Å²) < 4.78 is 5.41. The van der Waals surface area contributed by atoms with Crippen LogP contribution in [0.25, 0.3) is 0 Å². The molecule has 1 aliphatic heterocycles. The van der Waals surface area contributed by atoms with Gasteiger partial charge in [-0.25, -0.2) is 4.90 Å². The number of hydrogen-bond donors (Lipinski definition) is 1. The molecule has 0 radical (unpaired) electrons. The van der Waals surface area contributed by atoms with E-state index in [1.165, 1.54) is 10.5 Å². The minimum atomic E-state index is -0.547. The van der Waals surface area contributed by atoms with Gasteiger partial charge in [0.15, 0.2) is 0 Å². The van der Waals surface area contributed by atoms with E-state index in [1.807, 2.05) is 27.7 Å². The molecule has 3 rings (SSSR count). The molecule has 0 bridgehead atoms. The Kier molecular flexibility index (Phi) is 4.98. The molecule has 1 fully saturated rings. The SMILES string of the molecule is CCOc1ccc(N2C(=O)C[C@@H](Nc3c(C)cc(C)cc3C)C2=O)cc1. The lowest BCUT2D eigenvalue weighted by Gasteiger charge is -2.19. The van der Waals surface area contributed by atoms with Gasteiger partial charge in [0.2, 0.25) is 5.91 Å². The number of nitrogens with one attached hydrogen (secondary N) is 1. The highest BCUT2D eigenvalue weighted by atomic mass is 16.5. The van der Waals surface area contributed by atoms with Crippen LogP contribution in [0.2, 0.25) is 0 Å². The molecule has 1 atom stereocenters. The molecular weight excluding hydrogens is 328 g/mol. The highest BCUT2D eigenvalue weighted by Gasteiger charge is 2.39. The molecule has 136 valence electrons. The number of hydrogen-bond acceptors (Lipinski definition) is 4. The summed E-state index contributed by atoms with van der Waals surface area (Å²) in [5.41, 5.74) is 4.82. The third kappa shape index (κ3) is 3.43. The molecule has 0 aliphatic carbocycles. The molecule has 26 heavy (non-hydrogen) atoms.